The van der Waals surface area contributed by atoms with Crippen molar-refractivity contribution in [1.29, 1.82) is 0 Å². The molecule has 0 radical (unpaired) electrons. The smallest absolute Gasteiger partial charge is 0.220 e. The lowest BCUT2D eigenvalue weighted by molar-refractivity contribution is -0.122. The molecule has 2 unspecified atom stereocenters. The molecule has 3 rings (SSSR count). The van der Waals surface area contributed by atoms with Crippen LogP contribution < -0.4 is 15.4 Å². The molecule has 2 aliphatic rings. The highest BCUT2D eigenvalue weighted by atomic mass is 35.5. The van der Waals surface area contributed by atoms with Crippen LogP contribution >= 0.6 is 12.4 Å². The van der Waals surface area contributed by atoms with Crippen LogP contribution in [0.25, 0.3) is 0 Å². The average molecular weight is 430 g/mol. The van der Waals surface area contributed by atoms with Crippen molar-refractivity contribution >= 4 is 28.3 Å². The SMILES string of the molecule is CC(C)NS(=O)(=O)Cc1ccccc1CNC(=O)CC1CC2CCC(C1)N2.Cl. The number of hydrogen-bond donors (Lipinski definition) is 3. The van der Waals surface area contributed by atoms with Crippen molar-refractivity contribution in [2.24, 2.45) is 5.92 Å². The zero-order valence-corrected chi connectivity index (χ0v) is 18.2. The van der Waals surface area contributed by atoms with E-state index in [0.29, 0.717) is 31.0 Å². The van der Waals surface area contributed by atoms with Gasteiger partial charge in [-0.15, -0.1) is 12.4 Å². The fraction of sp³-hybridized carbons (Fsp3) is 0.650. The summed E-state index contributed by atoms with van der Waals surface area (Å²) in [4.78, 5) is 12.4. The van der Waals surface area contributed by atoms with E-state index in [2.05, 4.69) is 15.4 Å². The molecule has 158 valence electrons. The Balaban J connectivity index is 0.00000280. The Kier molecular flexibility index (Phi) is 8.30. The molecule has 0 spiro atoms. The van der Waals surface area contributed by atoms with Gasteiger partial charge in [-0.25, -0.2) is 13.1 Å². The van der Waals surface area contributed by atoms with E-state index >= 15 is 0 Å². The first-order valence-electron chi connectivity index (χ1n) is 9.90. The Morgan fingerprint density at radius 2 is 1.75 bits per heavy atom. The summed E-state index contributed by atoms with van der Waals surface area (Å²) in [5.74, 6) is 0.434. The zero-order chi connectivity index (χ0) is 19.4. The lowest BCUT2D eigenvalue weighted by Crippen LogP contribution is -2.39. The lowest BCUT2D eigenvalue weighted by atomic mass is 9.89. The molecule has 6 nitrogen and oxygen atoms in total. The van der Waals surface area contributed by atoms with Crippen molar-refractivity contribution in [3.8, 4) is 0 Å². The molecule has 1 amide bonds. The summed E-state index contributed by atoms with van der Waals surface area (Å²) in [7, 11) is -3.39. The molecule has 8 heteroatoms. The van der Waals surface area contributed by atoms with E-state index in [-0.39, 0.29) is 30.1 Å². The maximum Gasteiger partial charge on any atom is 0.220 e. The monoisotopic (exact) mass is 429 g/mol. The van der Waals surface area contributed by atoms with Gasteiger partial charge in [-0.2, -0.15) is 0 Å². The van der Waals surface area contributed by atoms with Gasteiger partial charge in [0.15, 0.2) is 0 Å². The average Bonchev–Trinajstić information content (AvgIpc) is 2.91. The predicted octanol–water partition coefficient (Wildman–Crippen LogP) is 2.47. The van der Waals surface area contributed by atoms with Crippen molar-refractivity contribution in [3.05, 3.63) is 35.4 Å². The highest BCUT2D eigenvalue weighted by Crippen LogP contribution is 2.32. The minimum atomic E-state index is -3.39. The molecule has 28 heavy (non-hydrogen) atoms. The third kappa shape index (κ3) is 6.72. The van der Waals surface area contributed by atoms with Crippen molar-refractivity contribution in [2.75, 3.05) is 0 Å². The van der Waals surface area contributed by atoms with E-state index in [1.54, 1.807) is 13.8 Å². The van der Waals surface area contributed by atoms with Crippen molar-refractivity contribution < 1.29 is 13.2 Å². The second kappa shape index (κ2) is 10.1. The standard InChI is InChI=1S/C20H31N3O3S.ClH/c1-14(2)23-27(25,26)13-17-6-4-3-5-16(17)12-21-20(24)11-15-9-18-7-8-19(10-15)22-18;/h3-6,14-15,18-19,22-23H,7-13H2,1-2H3,(H,21,24);1H. The predicted molar refractivity (Wildman–Crippen MR) is 114 cm³/mol. The Labute approximate surface area is 174 Å². The van der Waals surface area contributed by atoms with E-state index in [1.807, 2.05) is 24.3 Å². The first-order chi connectivity index (χ1) is 12.8. The van der Waals surface area contributed by atoms with Gasteiger partial charge in [-0.1, -0.05) is 24.3 Å². The number of hydrogen-bond acceptors (Lipinski definition) is 4. The molecule has 2 aliphatic heterocycles. The van der Waals surface area contributed by atoms with Gasteiger partial charge in [-0.05, 0) is 56.6 Å². The molecule has 2 atom stereocenters. The van der Waals surface area contributed by atoms with Crippen LogP contribution in [0, 0.1) is 5.92 Å². The van der Waals surface area contributed by atoms with Gasteiger partial charge in [0, 0.05) is 31.1 Å². The Morgan fingerprint density at radius 1 is 1.14 bits per heavy atom. The summed E-state index contributed by atoms with van der Waals surface area (Å²) in [6, 6.07) is 8.43. The molecule has 1 aromatic carbocycles. The minimum absolute atomic E-state index is 0. The van der Waals surface area contributed by atoms with E-state index in [9.17, 15) is 13.2 Å². The summed E-state index contributed by atoms with van der Waals surface area (Å²) < 4.78 is 27.1. The fourth-order valence-electron chi connectivity index (χ4n) is 4.35. The molecular formula is C20H32ClN3O3S. The largest absolute Gasteiger partial charge is 0.352 e. The number of amides is 1. The number of carbonyl (C=O) groups excluding carboxylic acids is 1. The van der Waals surface area contributed by atoms with Gasteiger partial charge >= 0.3 is 0 Å². The zero-order valence-electron chi connectivity index (χ0n) is 16.6. The van der Waals surface area contributed by atoms with Gasteiger partial charge in [0.2, 0.25) is 15.9 Å². The van der Waals surface area contributed by atoms with Crippen LogP contribution in [0.2, 0.25) is 0 Å². The van der Waals surface area contributed by atoms with Crippen LogP contribution in [0.4, 0.5) is 0 Å². The summed E-state index contributed by atoms with van der Waals surface area (Å²) in [5, 5.41) is 6.59. The molecule has 1 aromatic rings. The minimum Gasteiger partial charge on any atom is -0.352 e. The van der Waals surface area contributed by atoms with Gasteiger partial charge in [-0.3, -0.25) is 4.79 Å². The van der Waals surface area contributed by atoms with E-state index in [1.165, 1.54) is 12.8 Å². The number of rotatable bonds is 8. The highest BCUT2D eigenvalue weighted by molar-refractivity contribution is 7.88. The number of halogens is 1. The second-order valence-corrected chi connectivity index (χ2v) is 10.0. The van der Waals surface area contributed by atoms with Crippen molar-refractivity contribution in [2.45, 2.75) is 76.4 Å². The van der Waals surface area contributed by atoms with Gasteiger partial charge in [0.05, 0.1) is 5.75 Å². The molecule has 0 saturated carbocycles. The number of benzene rings is 1. The summed E-state index contributed by atoms with van der Waals surface area (Å²) in [6.45, 7) is 3.97. The van der Waals surface area contributed by atoms with Gasteiger partial charge in [0.1, 0.15) is 0 Å². The summed E-state index contributed by atoms with van der Waals surface area (Å²) >= 11 is 0. The first-order valence-corrected chi connectivity index (χ1v) is 11.6. The molecule has 2 saturated heterocycles. The van der Waals surface area contributed by atoms with Crippen LogP contribution in [0.15, 0.2) is 24.3 Å². The fourth-order valence-corrected chi connectivity index (χ4v) is 5.84. The third-order valence-electron chi connectivity index (χ3n) is 5.40. The highest BCUT2D eigenvalue weighted by Gasteiger charge is 2.34. The molecule has 2 fully saturated rings. The molecular weight excluding hydrogens is 398 g/mol. The van der Waals surface area contributed by atoms with E-state index in [0.717, 1.165) is 24.0 Å². The van der Waals surface area contributed by atoms with Crippen molar-refractivity contribution in [1.82, 2.24) is 15.4 Å². The molecule has 2 heterocycles. The number of sulfonamides is 1. The Hall–Kier alpha value is -1.15. The van der Waals surface area contributed by atoms with Gasteiger partial charge < -0.3 is 10.6 Å². The van der Waals surface area contributed by atoms with Crippen LogP contribution in [0.1, 0.15) is 57.1 Å². The van der Waals surface area contributed by atoms with Crippen LogP contribution in [0.3, 0.4) is 0 Å². The van der Waals surface area contributed by atoms with Crippen LogP contribution in [0.5, 0.6) is 0 Å². The molecule has 0 aliphatic carbocycles. The van der Waals surface area contributed by atoms with Crippen molar-refractivity contribution in [3.63, 3.8) is 0 Å². The normalized spacial score (nSPS) is 24.0. The molecule has 2 bridgehead atoms. The maximum atomic E-state index is 12.4. The Morgan fingerprint density at radius 3 is 2.36 bits per heavy atom. The number of piperidine rings is 1. The van der Waals surface area contributed by atoms with E-state index < -0.39 is 10.0 Å². The summed E-state index contributed by atoms with van der Waals surface area (Å²) in [6.07, 6.45) is 5.19. The molecule has 3 N–H and O–H groups in total. The van der Waals surface area contributed by atoms with Gasteiger partial charge in [0.25, 0.3) is 0 Å². The second-order valence-electron chi connectivity index (χ2n) is 8.26. The number of nitrogens with one attached hydrogen (secondary N) is 3. The maximum absolute atomic E-state index is 12.4. The van der Waals surface area contributed by atoms with E-state index in [4.69, 9.17) is 0 Å². The van der Waals surface area contributed by atoms with Crippen LogP contribution in [-0.2, 0) is 27.1 Å². The number of carbonyl (C=O) groups is 1. The molecule has 0 aromatic heterocycles. The topological polar surface area (TPSA) is 87.3 Å². The quantitative estimate of drug-likeness (QED) is 0.592. The van der Waals surface area contributed by atoms with Crippen LogP contribution in [-0.4, -0.2) is 32.5 Å². The lowest BCUT2D eigenvalue weighted by Gasteiger charge is -2.28. The Bertz CT molecular complexity index is 758. The summed E-state index contributed by atoms with van der Waals surface area (Å²) in [5.41, 5.74) is 1.58. The third-order valence-corrected chi connectivity index (χ3v) is 6.92. The number of fused-ring (bicyclic) bond motifs is 2. The first kappa shape index (κ1) is 23.1.